The van der Waals surface area contributed by atoms with E-state index in [-0.39, 0.29) is 0 Å². The number of aryl methyl sites for hydroxylation is 3. The third-order valence-electron chi connectivity index (χ3n) is 6.30. The molecule has 0 spiro atoms. The van der Waals surface area contributed by atoms with E-state index in [4.69, 9.17) is 0 Å². The average Bonchev–Trinajstić information content (AvgIpc) is 3.15. The fourth-order valence-corrected chi connectivity index (χ4v) is 4.42. The zero-order valence-electron chi connectivity index (χ0n) is 20.0. The van der Waals surface area contributed by atoms with E-state index in [1.165, 1.54) is 108 Å². The van der Waals surface area contributed by atoms with Crippen molar-refractivity contribution in [2.45, 2.75) is 123 Å². The van der Waals surface area contributed by atoms with Crippen LogP contribution >= 0.6 is 0 Å². The molecule has 0 N–H and O–H groups in total. The summed E-state index contributed by atoms with van der Waals surface area (Å²) < 4.78 is 5.11. The van der Waals surface area contributed by atoms with Crippen LogP contribution in [0.15, 0.2) is 42.7 Å². The second-order valence-corrected chi connectivity index (χ2v) is 8.98. The van der Waals surface area contributed by atoms with Crippen molar-refractivity contribution in [1.82, 2.24) is 4.57 Å². The van der Waals surface area contributed by atoms with Gasteiger partial charge >= 0.3 is 0 Å². The minimum atomic E-state index is 1.14. The third-order valence-corrected chi connectivity index (χ3v) is 6.30. The molecule has 30 heavy (non-hydrogen) atoms. The molecule has 2 nitrogen and oxygen atoms in total. The van der Waals surface area contributed by atoms with E-state index in [1.807, 2.05) is 0 Å². The van der Waals surface area contributed by atoms with Crippen LogP contribution in [-0.4, -0.2) is 4.57 Å². The molecule has 1 heterocycles. The van der Waals surface area contributed by atoms with Crippen molar-refractivity contribution >= 4 is 0 Å². The van der Waals surface area contributed by atoms with Crippen molar-refractivity contribution in [3.63, 3.8) is 0 Å². The highest BCUT2D eigenvalue weighted by Gasteiger charge is 2.16. The van der Waals surface area contributed by atoms with E-state index in [9.17, 15) is 0 Å². The smallest absolute Gasteiger partial charge is 0.234 e. The second-order valence-electron chi connectivity index (χ2n) is 8.98. The topological polar surface area (TPSA) is 8.81 Å². The van der Waals surface area contributed by atoms with Gasteiger partial charge in [-0.1, -0.05) is 102 Å². The van der Waals surface area contributed by atoms with Crippen LogP contribution in [0.5, 0.6) is 0 Å². The van der Waals surface area contributed by atoms with E-state index in [0.717, 1.165) is 6.54 Å². The molecule has 0 fully saturated rings. The number of nitrogens with zero attached hydrogens (tertiary/aromatic N) is 2. The monoisotopic (exact) mass is 411 g/mol. The number of aromatic nitrogens is 2. The standard InChI is InChI=1S/C28H47N2/c1-3-5-7-9-11-16-22-28-29(23-17-12-10-8-6-4-2)25-26-30(28)24-18-21-27-19-14-13-15-20-27/h13-15,19-20,25-26H,3-12,16-18,21-24H2,1-2H3/q+1. The molecule has 2 heteroatoms. The van der Waals surface area contributed by atoms with Gasteiger partial charge in [0.15, 0.2) is 0 Å². The Kier molecular flexibility index (Phi) is 13.3. The lowest BCUT2D eigenvalue weighted by atomic mass is 10.1. The maximum atomic E-state index is 2.56. The zero-order valence-corrected chi connectivity index (χ0v) is 20.0. The second kappa shape index (κ2) is 16.2. The molecular weight excluding hydrogens is 364 g/mol. The van der Waals surface area contributed by atoms with Crippen molar-refractivity contribution in [2.75, 3.05) is 0 Å². The Balaban J connectivity index is 1.83. The minimum absolute atomic E-state index is 1.14. The van der Waals surface area contributed by atoms with Gasteiger partial charge in [0.25, 0.3) is 5.82 Å². The molecule has 0 unspecified atom stereocenters. The summed E-state index contributed by atoms with van der Waals surface area (Å²) in [6.07, 6.45) is 24.8. The molecular formula is C28H47N2+. The molecule has 2 aromatic rings. The molecule has 0 saturated carbocycles. The number of unbranched alkanes of at least 4 members (excludes halogenated alkanes) is 10. The Morgan fingerprint density at radius 1 is 0.667 bits per heavy atom. The quantitative estimate of drug-likeness (QED) is 0.176. The average molecular weight is 412 g/mol. The van der Waals surface area contributed by atoms with Gasteiger partial charge in [0.2, 0.25) is 0 Å². The molecule has 1 aromatic carbocycles. The van der Waals surface area contributed by atoms with Crippen LogP contribution in [0.1, 0.15) is 109 Å². The summed E-state index contributed by atoms with van der Waals surface area (Å²) in [5.74, 6) is 1.56. The molecule has 0 saturated heterocycles. The van der Waals surface area contributed by atoms with Gasteiger partial charge in [-0.05, 0) is 37.7 Å². The molecule has 0 radical (unpaired) electrons. The predicted octanol–water partition coefficient (Wildman–Crippen LogP) is 7.67. The van der Waals surface area contributed by atoms with Crippen LogP contribution in [0.4, 0.5) is 0 Å². The first-order valence-corrected chi connectivity index (χ1v) is 13.0. The van der Waals surface area contributed by atoms with Crippen LogP contribution in [0.3, 0.4) is 0 Å². The van der Waals surface area contributed by atoms with Gasteiger partial charge in [-0.25, -0.2) is 9.13 Å². The Bertz CT molecular complexity index is 644. The summed E-state index contributed by atoms with van der Waals surface area (Å²) in [6.45, 7) is 6.94. The van der Waals surface area contributed by atoms with Crippen molar-refractivity contribution in [3.05, 3.63) is 54.1 Å². The van der Waals surface area contributed by atoms with Gasteiger partial charge in [0.1, 0.15) is 12.4 Å². The fraction of sp³-hybridized carbons (Fsp3) is 0.679. The molecule has 0 aliphatic rings. The van der Waals surface area contributed by atoms with E-state index in [2.05, 4.69) is 65.7 Å². The molecule has 0 amide bonds. The lowest BCUT2D eigenvalue weighted by Gasteiger charge is -2.07. The summed E-state index contributed by atoms with van der Waals surface area (Å²) in [5.41, 5.74) is 1.46. The van der Waals surface area contributed by atoms with E-state index >= 15 is 0 Å². The van der Waals surface area contributed by atoms with Crippen molar-refractivity contribution in [2.24, 2.45) is 0 Å². The molecule has 0 aliphatic heterocycles. The Morgan fingerprint density at radius 2 is 1.30 bits per heavy atom. The fourth-order valence-electron chi connectivity index (χ4n) is 4.42. The number of imidazole rings is 1. The maximum Gasteiger partial charge on any atom is 0.256 e. The third kappa shape index (κ3) is 9.96. The van der Waals surface area contributed by atoms with Gasteiger partial charge in [-0.2, -0.15) is 0 Å². The summed E-state index contributed by atoms with van der Waals surface area (Å²) in [5, 5.41) is 0. The SMILES string of the molecule is CCCCCCCCc1n(CCCCCCCC)cc[n+]1CCCc1ccccc1. The number of hydrogen-bond donors (Lipinski definition) is 0. The Morgan fingerprint density at radius 3 is 2.00 bits per heavy atom. The number of benzene rings is 1. The van der Waals surface area contributed by atoms with Crippen LogP contribution < -0.4 is 4.57 Å². The molecule has 2 rings (SSSR count). The van der Waals surface area contributed by atoms with Crippen LogP contribution in [0.2, 0.25) is 0 Å². The maximum absolute atomic E-state index is 2.56. The van der Waals surface area contributed by atoms with Crippen LogP contribution in [0, 0.1) is 0 Å². The summed E-state index contributed by atoms with van der Waals surface area (Å²) in [4.78, 5) is 0. The highest BCUT2D eigenvalue weighted by atomic mass is 15.1. The van der Waals surface area contributed by atoms with Gasteiger partial charge in [0.05, 0.1) is 13.1 Å². The van der Waals surface area contributed by atoms with Crippen molar-refractivity contribution in [3.8, 4) is 0 Å². The van der Waals surface area contributed by atoms with Gasteiger partial charge in [0, 0.05) is 6.42 Å². The first-order valence-electron chi connectivity index (χ1n) is 13.0. The lowest BCUT2D eigenvalue weighted by Crippen LogP contribution is -2.37. The Labute approximate surface area is 186 Å². The number of hydrogen-bond acceptors (Lipinski definition) is 0. The molecule has 1 aromatic heterocycles. The van der Waals surface area contributed by atoms with Gasteiger partial charge in [-0.15, -0.1) is 0 Å². The summed E-state index contributed by atoms with van der Waals surface area (Å²) in [6, 6.07) is 10.9. The predicted molar refractivity (Wildman–Crippen MR) is 130 cm³/mol. The van der Waals surface area contributed by atoms with E-state index in [1.54, 1.807) is 5.82 Å². The Hall–Kier alpha value is -1.57. The van der Waals surface area contributed by atoms with E-state index in [0.29, 0.717) is 0 Å². The molecule has 0 atom stereocenters. The largest absolute Gasteiger partial charge is 0.256 e. The zero-order chi connectivity index (χ0) is 21.3. The minimum Gasteiger partial charge on any atom is -0.234 e. The van der Waals surface area contributed by atoms with Gasteiger partial charge < -0.3 is 0 Å². The van der Waals surface area contributed by atoms with Gasteiger partial charge in [-0.3, -0.25) is 0 Å². The first kappa shape index (κ1) is 24.7. The lowest BCUT2D eigenvalue weighted by molar-refractivity contribution is -0.704. The molecule has 0 aliphatic carbocycles. The van der Waals surface area contributed by atoms with Crippen LogP contribution in [0.25, 0.3) is 0 Å². The van der Waals surface area contributed by atoms with Crippen molar-refractivity contribution < 1.29 is 4.57 Å². The van der Waals surface area contributed by atoms with Crippen molar-refractivity contribution in [1.29, 1.82) is 0 Å². The van der Waals surface area contributed by atoms with Crippen LogP contribution in [-0.2, 0) is 25.9 Å². The highest BCUT2D eigenvalue weighted by molar-refractivity contribution is 5.14. The molecule has 168 valence electrons. The summed E-state index contributed by atoms with van der Waals surface area (Å²) in [7, 11) is 0. The molecule has 0 bridgehead atoms. The van der Waals surface area contributed by atoms with E-state index < -0.39 is 0 Å². The normalized spacial score (nSPS) is 11.3. The number of rotatable bonds is 18. The first-order chi connectivity index (χ1) is 14.8. The summed E-state index contributed by atoms with van der Waals surface area (Å²) >= 11 is 0. The highest BCUT2D eigenvalue weighted by Crippen LogP contribution is 2.11.